The van der Waals surface area contributed by atoms with Gasteiger partial charge in [0.15, 0.2) is 0 Å². The van der Waals surface area contributed by atoms with E-state index in [1.165, 1.54) is 0 Å². The fourth-order valence-corrected chi connectivity index (χ4v) is 3.13. The van der Waals surface area contributed by atoms with Crippen molar-refractivity contribution in [2.75, 3.05) is 0 Å². The summed E-state index contributed by atoms with van der Waals surface area (Å²) in [5, 5.41) is 9.96. The summed E-state index contributed by atoms with van der Waals surface area (Å²) in [5.41, 5.74) is 2.17. The Kier molecular flexibility index (Phi) is 4.28. The lowest BCUT2D eigenvalue weighted by molar-refractivity contribution is -0.138. The van der Waals surface area contributed by atoms with Gasteiger partial charge < -0.3 is 10.0 Å². The van der Waals surface area contributed by atoms with Crippen molar-refractivity contribution in [1.82, 2.24) is 4.90 Å². The van der Waals surface area contributed by atoms with Gasteiger partial charge in [0.25, 0.3) is 5.91 Å². The lowest BCUT2D eigenvalue weighted by Crippen LogP contribution is -2.30. The third-order valence-electron chi connectivity index (χ3n) is 3.92. The van der Waals surface area contributed by atoms with E-state index in [4.69, 9.17) is 23.2 Å². The molecular weight excluding hydrogens is 337 g/mol. The standard InChI is InChI=1S/C17H13Cl2NO3/c18-13-6-5-10(7-14(13)19)15(8-16(21)22)20-9-11-3-1-2-4-12(11)17(20)23/h1-7,15H,8-9H2,(H,21,22). The lowest BCUT2D eigenvalue weighted by Gasteiger charge is -2.27. The Morgan fingerprint density at radius 1 is 1.17 bits per heavy atom. The van der Waals surface area contributed by atoms with E-state index in [-0.39, 0.29) is 12.3 Å². The first-order valence-electron chi connectivity index (χ1n) is 7.03. The molecule has 3 rings (SSSR count). The highest BCUT2D eigenvalue weighted by Gasteiger charge is 2.34. The van der Waals surface area contributed by atoms with Crippen molar-refractivity contribution in [2.45, 2.75) is 19.0 Å². The highest BCUT2D eigenvalue weighted by molar-refractivity contribution is 6.42. The molecule has 0 saturated heterocycles. The molecule has 118 valence electrons. The van der Waals surface area contributed by atoms with Gasteiger partial charge in [-0.3, -0.25) is 9.59 Å². The van der Waals surface area contributed by atoms with Crippen molar-refractivity contribution in [1.29, 1.82) is 0 Å². The first kappa shape index (κ1) is 15.8. The fraction of sp³-hybridized carbons (Fsp3) is 0.176. The molecule has 0 radical (unpaired) electrons. The van der Waals surface area contributed by atoms with Crippen LogP contribution in [0, 0.1) is 0 Å². The summed E-state index contributed by atoms with van der Waals surface area (Å²) in [5.74, 6) is -1.15. The van der Waals surface area contributed by atoms with Gasteiger partial charge in [0.05, 0.1) is 22.5 Å². The number of hydrogen-bond acceptors (Lipinski definition) is 2. The topological polar surface area (TPSA) is 57.6 Å². The van der Waals surface area contributed by atoms with Crippen molar-refractivity contribution < 1.29 is 14.7 Å². The molecule has 1 heterocycles. The molecule has 1 atom stereocenters. The smallest absolute Gasteiger partial charge is 0.305 e. The molecule has 0 aromatic heterocycles. The van der Waals surface area contributed by atoms with Crippen LogP contribution >= 0.6 is 23.2 Å². The second-order valence-electron chi connectivity index (χ2n) is 5.38. The first-order valence-corrected chi connectivity index (χ1v) is 7.78. The molecular formula is C17H13Cl2NO3. The minimum atomic E-state index is -0.982. The number of fused-ring (bicyclic) bond motifs is 1. The average Bonchev–Trinajstić information content (AvgIpc) is 2.85. The Bertz CT molecular complexity index is 791. The molecule has 1 aliphatic rings. The second-order valence-corrected chi connectivity index (χ2v) is 6.19. The third-order valence-corrected chi connectivity index (χ3v) is 4.66. The van der Waals surface area contributed by atoms with Crippen molar-refractivity contribution in [3.05, 3.63) is 69.2 Å². The largest absolute Gasteiger partial charge is 0.481 e. The normalized spacial score (nSPS) is 14.7. The summed E-state index contributed by atoms with van der Waals surface area (Å²) in [6.07, 6.45) is -0.197. The highest BCUT2D eigenvalue weighted by atomic mass is 35.5. The van der Waals surface area contributed by atoms with Gasteiger partial charge in [-0.25, -0.2) is 0 Å². The molecule has 0 bridgehead atoms. The molecule has 2 aromatic rings. The van der Waals surface area contributed by atoms with Gasteiger partial charge in [-0.05, 0) is 29.3 Å². The van der Waals surface area contributed by atoms with Gasteiger partial charge in [-0.1, -0.05) is 47.5 Å². The number of aliphatic carboxylic acids is 1. The Morgan fingerprint density at radius 2 is 1.91 bits per heavy atom. The van der Waals surface area contributed by atoms with Crippen LogP contribution in [0.2, 0.25) is 10.0 Å². The van der Waals surface area contributed by atoms with Gasteiger partial charge in [0.2, 0.25) is 0 Å². The number of rotatable bonds is 4. The molecule has 1 aliphatic heterocycles. The Balaban J connectivity index is 1.99. The Hall–Kier alpha value is -2.04. The van der Waals surface area contributed by atoms with Gasteiger partial charge in [0, 0.05) is 12.1 Å². The summed E-state index contributed by atoms with van der Waals surface area (Å²) < 4.78 is 0. The zero-order chi connectivity index (χ0) is 16.6. The van der Waals surface area contributed by atoms with Crippen LogP contribution in [0.5, 0.6) is 0 Å². The maximum atomic E-state index is 12.6. The lowest BCUT2D eigenvalue weighted by atomic mass is 10.0. The third kappa shape index (κ3) is 3.05. The van der Waals surface area contributed by atoms with Crippen LogP contribution in [0.3, 0.4) is 0 Å². The molecule has 23 heavy (non-hydrogen) atoms. The van der Waals surface area contributed by atoms with Crippen molar-refractivity contribution in [2.24, 2.45) is 0 Å². The van der Waals surface area contributed by atoms with E-state index in [1.54, 1.807) is 35.2 Å². The van der Waals surface area contributed by atoms with E-state index in [0.29, 0.717) is 27.7 Å². The van der Waals surface area contributed by atoms with Gasteiger partial charge in [0.1, 0.15) is 0 Å². The van der Waals surface area contributed by atoms with Crippen LogP contribution in [-0.2, 0) is 11.3 Å². The van der Waals surface area contributed by atoms with E-state index in [9.17, 15) is 14.7 Å². The van der Waals surface area contributed by atoms with Crippen molar-refractivity contribution in [3.8, 4) is 0 Å². The maximum Gasteiger partial charge on any atom is 0.305 e. The molecule has 0 saturated carbocycles. The zero-order valence-electron chi connectivity index (χ0n) is 12.0. The number of carboxylic acid groups (broad SMARTS) is 1. The van der Waals surface area contributed by atoms with Gasteiger partial charge >= 0.3 is 5.97 Å². The zero-order valence-corrected chi connectivity index (χ0v) is 13.5. The molecule has 1 unspecified atom stereocenters. The molecule has 0 spiro atoms. The predicted octanol–water partition coefficient (Wildman–Crippen LogP) is 4.17. The molecule has 2 aromatic carbocycles. The highest BCUT2D eigenvalue weighted by Crippen LogP contribution is 2.35. The number of carbonyl (C=O) groups is 2. The predicted molar refractivity (Wildman–Crippen MR) is 87.8 cm³/mol. The number of hydrogen-bond donors (Lipinski definition) is 1. The van der Waals surface area contributed by atoms with E-state index < -0.39 is 12.0 Å². The molecule has 0 fully saturated rings. The molecule has 6 heteroatoms. The Morgan fingerprint density at radius 3 is 2.57 bits per heavy atom. The quantitative estimate of drug-likeness (QED) is 0.901. The van der Waals surface area contributed by atoms with Gasteiger partial charge in [-0.2, -0.15) is 0 Å². The molecule has 1 N–H and O–H groups in total. The fourth-order valence-electron chi connectivity index (χ4n) is 2.82. The van der Waals surface area contributed by atoms with Crippen LogP contribution < -0.4 is 0 Å². The summed E-state index contributed by atoms with van der Waals surface area (Å²) in [6, 6.07) is 11.6. The SMILES string of the molecule is O=C(O)CC(c1ccc(Cl)c(Cl)c1)N1Cc2ccccc2C1=O. The van der Waals surface area contributed by atoms with Gasteiger partial charge in [-0.15, -0.1) is 0 Å². The van der Waals surface area contributed by atoms with E-state index in [0.717, 1.165) is 5.56 Å². The average molecular weight is 350 g/mol. The minimum absolute atomic E-state index is 0.169. The number of carbonyl (C=O) groups excluding carboxylic acids is 1. The van der Waals surface area contributed by atoms with E-state index in [1.807, 2.05) is 12.1 Å². The van der Waals surface area contributed by atoms with E-state index >= 15 is 0 Å². The van der Waals surface area contributed by atoms with Crippen LogP contribution in [0.15, 0.2) is 42.5 Å². The van der Waals surface area contributed by atoms with Crippen molar-refractivity contribution >= 4 is 35.1 Å². The number of amides is 1. The van der Waals surface area contributed by atoms with Crippen LogP contribution in [0.4, 0.5) is 0 Å². The van der Waals surface area contributed by atoms with Crippen LogP contribution in [0.1, 0.15) is 33.9 Å². The number of halogens is 2. The summed E-state index contributed by atoms with van der Waals surface area (Å²) in [4.78, 5) is 25.5. The number of carboxylic acids is 1. The van der Waals surface area contributed by atoms with E-state index in [2.05, 4.69) is 0 Å². The van der Waals surface area contributed by atoms with Crippen LogP contribution in [0.25, 0.3) is 0 Å². The second kappa shape index (κ2) is 6.22. The minimum Gasteiger partial charge on any atom is -0.481 e. The maximum absolute atomic E-state index is 12.6. The first-order chi connectivity index (χ1) is 11.0. The molecule has 0 aliphatic carbocycles. The number of nitrogens with zero attached hydrogens (tertiary/aromatic N) is 1. The monoisotopic (exact) mass is 349 g/mol. The summed E-state index contributed by atoms with van der Waals surface area (Å²) >= 11 is 12.0. The molecule has 1 amide bonds. The van der Waals surface area contributed by atoms with Crippen LogP contribution in [-0.4, -0.2) is 21.9 Å². The Labute approximate surface area is 143 Å². The molecule has 4 nitrogen and oxygen atoms in total. The summed E-state index contributed by atoms with van der Waals surface area (Å²) in [7, 11) is 0. The van der Waals surface area contributed by atoms with Crippen molar-refractivity contribution in [3.63, 3.8) is 0 Å². The summed E-state index contributed by atoms with van der Waals surface area (Å²) in [6.45, 7) is 0.382. The number of benzene rings is 2.